The second-order valence-electron chi connectivity index (χ2n) is 6.55. The van der Waals surface area contributed by atoms with Crippen molar-refractivity contribution in [2.24, 2.45) is 5.73 Å². The first kappa shape index (κ1) is 13.6. The molecule has 0 aliphatic heterocycles. The SMILES string of the molecule is CC(c1ccccc1)C1(N)CCCc2c1[nH]c1ccccc21. The smallest absolute Gasteiger partial charge is 0.0631 e. The summed E-state index contributed by atoms with van der Waals surface area (Å²) in [6.07, 6.45) is 3.31. The number of aromatic amines is 1. The van der Waals surface area contributed by atoms with E-state index in [9.17, 15) is 0 Å². The number of H-pyrrole nitrogens is 1. The molecular weight excluding hydrogens is 268 g/mol. The molecule has 2 nitrogen and oxygen atoms in total. The number of aromatic nitrogens is 1. The minimum absolute atomic E-state index is 0.292. The van der Waals surface area contributed by atoms with Gasteiger partial charge < -0.3 is 10.7 Å². The average Bonchev–Trinajstić information content (AvgIpc) is 2.96. The van der Waals surface area contributed by atoms with Gasteiger partial charge in [0.2, 0.25) is 0 Å². The Morgan fingerprint density at radius 3 is 2.59 bits per heavy atom. The molecule has 0 bridgehead atoms. The van der Waals surface area contributed by atoms with Crippen LogP contribution in [0, 0.1) is 0 Å². The van der Waals surface area contributed by atoms with Crippen molar-refractivity contribution in [3.05, 3.63) is 71.4 Å². The van der Waals surface area contributed by atoms with Crippen LogP contribution in [0.1, 0.15) is 42.5 Å². The molecule has 22 heavy (non-hydrogen) atoms. The van der Waals surface area contributed by atoms with Gasteiger partial charge in [-0.15, -0.1) is 0 Å². The number of aryl methyl sites for hydroxylation is 1. The minimum atomic E-state index is -0.312. The van der Waals surface area contributed by atoms with Gasteiger partial charge in [-0.2, -0.15) is 0 Å². The van der Waals surface area contributed by atoms with Crippen molar-refractivity contribution in [2.45, 2.75) is 37.6 Å². The van der Waals surface area contributed by atoms with Gasteiger partial charge in [-0.25, -0.2) is 0 Å². The molecule has 2 atom stereocenters. The number of hydrogen-bond donors (Lipinski definition) is 2. The molecule has 1 aliphatic rings. The second kappa shape index (κ2) is 4.99. The van der Waals surface area contributed by atoms with E-state index < -0.39 is 0 Å². The first-order chi connectivity index (χ1) is 10.7. The fourth-order valence-electron chi connectivity index (χ4n) is 4.01. The van der Waals surface area contributed by atoms with E-state index >= 15 is 0 Å². The van der Waals surface area contributed by atoms with Crippen LogP contribution < -0.4 is 5.73 Å². The van der Waals surface area contributed by atoms with Gasteiger partial charge in [0, 0.05) is 22.5 Å². The van der Waals surface area contributed by atoms with E-state index in [1.807, 2.05) is 0 Å². The third-order valence-electron chi connectivity index (χ3n) is 5.37. The van der Waals surface area contributed by atoms with Crippen LogP contribution in [-0.2, 0) is 12.0 Å². The molecule has 0 saturated heterocycles. The first-order valence-corrected chi connectivity index (χ1v) is 8.14. The van der Waals surface area contributed by atoms with Crippen LogP contribution in [0.4, 0.5) is 0 Å². The molecule has 0 radical (unpaired) electrons. The van der Waals surface area contributed by atoms with Crippen molar-refractivity contribution < 1.29 is 0 Å². The Balaban J connectivity index is 1.87. The highest BCUT2D eigenvalue weighted by molar-refractivity contribution is 5.85. The Hall–Kier alpha value is -2.06. The molecule has 2 unspecified atom stereocenters. The zero-order chi connectivity index (χ0) is 15.2. The summed E-state index contributed by atoms with van der Waals surface area (Å²) in [6, 6.07) is 19.2. The van der Waals surface area contributed by atoms with Crippen LogP contribution in [-0.4, -0.2) is 4.98 Å². The van der Waals surface area contributed by atoms with Crippen molar-refractivity contribution in [1.29, 1.82) is 0 Å². The quantitative estimate of drug-likeness (QED) is 0.718. The Labute approximate surface area is 131 Å². The van der Waals surface area contributed by atoms with Crippen molar-refractivity contribution in [1.82, 2.24) is 4.98 Å². The van der Waals surface area contributed by atoms with Gasteiger partial charge in [-0.3, -0.25) is 0 Å². The van der Waals surface area contributed by atoms with Gasteiger partial charge >= 0.3 is 0 Å². The Kier molecular flexibility index (Phi) is 3.08. The Bertz CT molecular complexity index is 803. The van der Waals surface area contributed by atoms with E-state index in [2.05, 4.69) is 66.5 Å². The van der Waals surface area contributed by atoms with Crippen LogP contribution in [0.5, 0.6) is 0 Å². The van der Waals surface area contributed by atoms with E-state index in [1.54, 1.807) is 0 Å². The van der Waals surface area contributed by atoms with Crippen molar-refractivity contribution in [3.63, 3.8) is 0 Å². The van der Waals surface area contributed by atoms with Crippen LogP contribution in [0.2, 0.25) is 0 Å². The normalized spacial score (nSPS) is 22.5. The summed E-state index contributed by atoms with van der Waals surface area (Å²) in [5, 5.41) is 1.34. The lowest BCUT2D eigenvalue weighted by Gasteiger charge is -2.39. The molecule has 1 aliphatic carbocycles. The van der Waals surface area contributed by atoms with Crippen LogP contribution in [0.15, 0.2) is 54.6 Å². The molecule has 4 rings (SSSR count). The molecule has 3 N–H and O–H groups in total. The van der Waals surface area contributed by atoms with Crippen molar-refractivity contribution in [3.8, 4) is 0 Å². The predicted octanol–water partition coefficient (Wildman–Crippen LogP) is 4.46. The summed E-state index contributed by atoms with van der Waals surface area (Å²) in [6.45, 7) is 2.26. The molecule has 1 heterocycles. The summed E-state index contributed by atoms with van der Waals surface area (Å²) in [5.74, 6) is 0.292. The number of nitrogens with two attached hydrogens (primary N) is 1. The lowest BCUT2D eigenvalue weighted by atomic mass is 9.71. The molecule has 112 valence electrons. The highest BCUT2D eigenvalue weighted by Gasteiger charge is 2.40. The van der Waals surface area contributed by atoms with Gasteiger partial charge in [-0.1, -0.05) is 55.5 Å². The zero-order valence-electron chi connectivity index (χ0n) is 13.0. The van der Waals surface area contributed by atoms with Gasteiger partial charge in [0.15, 0.2) is 0 Å². The predicted molar refractivity (Wildman–Crippen MR) is 92.0 cm³/mol. The first-order valence-electron chi connectivity index (χ1n) is 8.14. The van der Waals surface area contributed by atoms with Gasteiger partial charge in [0.1, 0.15) is 0 Å². The molecular formula is C20H22N2. The van der Waals surface area contributed by atoms with Gasteiger partial charge in [-0.05, 0) is 36.5 Å². The van der Waals surface area contributed by atoms with Crippen LogP contribution >= 0.6 is 0 Å². The minimum Gasteiger partial charge on any atom is -0.357 e. The fraction of sp³-hybridized carbons (Fsp3) is 0.300. The monoisotopic (exact) mass is 290 g/mol. The molecule has 0 fully saturated rings. The second-order valence-corrected chi connectivity index (χ2v) is 6.55. The number of hydrogen-bond acceptors (Lipinski definition) is 1. The number of nitrogens with one attached hydrogen (secondary N) is 1. The van der Waals surface area contributed by atoms with Crippen LogP contribution in [0.25, 0.3) is 10.9 Å². The number of benzene rings is 2. The third-order valence-corrected chi connectivity index (χ3v) is 5.37. The Morgan fingerprint density at radius 2 is 1.77 bits per heavy atom. The number of fused-ring (bicyclic) bond motifs is 3. The molecule has 2 heteroatoms. The summed E-state index contributed by atoms with van der Waals surface area (Å²) < 4.78 is 0. The maximum absolute atomic E-state index is 6.98. The molecule has 3 aromatic rings. The molecule has 2 aromatic carbocycles. The molecule has 0 amide bonds. The topological polar surface area (TPSA) is 41.8 Å². The van der Waals surface area contributed by atoms with Gasteiger partial charge in [0.25, 0.3) is 0 Å². The lowest BCUT2D eigenvalue weighted by Crippen LogP contribution is -2.44. The molecule has 0 spiro atoms. The van der Waals surface area contributed by atoms with E-state index in [4.69, 9.17) is 5.73 Å². The number of rotatable bonds is 2. The lowest BCUT2D eigenvalue weighted by molar-refractivity contribution is 0.310. The maximum atomic E-state index is 6.98. The zero-order valence-corrected chi connectivity index (χ0v) is 13.0. The third kappa shape index (κ3) is 1.91. The van der Waals surface area contributed by atoms with E-state index in [0.29, 0.717) is 5.92 Å². The Morgan fingerprint density at radius 1 is 1.05 bits per heavy atom. The van der Waals surface area contributed by atoms with E-state index in [-0.39, 0.29) is 5.54 Å². The van der Waals surface area contributed by atoms with Gasteiger partial charge in [0.05, 0.1) is 5.54 Å². The maximum Gasteiger partial charge on any atom is 0.0631 e. The average molecular weight is 290 g/mol. The van der Waals surface area contributed by atoms with E-state index in [1.165, 1.54) is 27.7 Å². The fourth-order valence-corrected chi connectivity index (χ4v) is 4.01. The largest absolute Gasteiger partial charge is 0.357 e. The standard InChI is InChI=1S/C20H22N2/c1-14(15-8-3-2-4-9-15)20(21)13-7-11-17-16-10-5-6-12-18(16)22-19(17)20/h2-6,8-10,12,14,22H,7,11,13,21H2,1H3. The molecule has 1 aromatic heterocycles. The summed E-state index contributed by atoms with van der Waals surface area (Å²) in [4.78, 5) is 3.63. The highest BCUT2D eigenvalue weighted by atomic mass is 14.9. The summed E-state index contributed by atoms with van der Waals surface area (Å²) in [7, 11) is 0. The summed E-state index contributed by atoms with van der Waals surface area (Å²) >= 11 is 0. The highest BCUT2D eigenvalue weighted by Crippen LogP contribution is 2.44. The van der Waals surface area contributed by atoms with E-state index in [0.717, 1.165) is 19.3 Å². The van der Waals surface area contributed by atoms with Crippen molar-refractivity contribution in [2.75, 3.05) is 0 Å². The van der Waals surface area contributed by atoms with Crippen molar-refractivity contribution >= 4 is 10.9 Å². The van der Waals surface area contributed by atoms with Crippen LogP contribution in [0.3, 0.4) is 0 Å². The number of para-hydroxylation sites is 1. The summed E-state index contributed by atoms with van der Waals surface area (Å²) in [5.41, 5.74) is 11.9. The molecule has 0 saturated carbocycles.